The van der Waals surface area contributed by atoms with Crippen molar-refractivity contribution in [1.29, 1.82) is 0 Å². The van der Waals surface area contributed by atoms with E-state index in [1.54, 1.807) is 25.1 Å². The molecule has 0 radical (unpaired) electrons. The highest BCUT2D eigenvalue weighted by atomic mass is 35.5. The van der Waals surface area contributed by atoms with E-state index in [2.05, 4.69) is 5.32 Å². The fraction of sp³-hybridized carbons (Fsp3) is 0.429. The van der Waals surface area contributed by atoms with E-state index in [1.807, 2.05) is 0 Å². The molecule has 5 nitrogen and oxygen atoms in total. The summed E-state index contributed by atoms with van der Waals surface area (Å²) in [5.41, 5.74) is 6.12. The van der Waals surface area contributed by atoms with Crippen LogP contribution in [-0.2, 0) is 9.59 Å². The maximum Gasteiger partial charge on any atom is 0.247 e. The third-order valence-corrected chi connectivity index (χ3v) is 3.79. The predicted molar refractivity (Wildman–Crippen MR) is 90.7 cm³/mol. The Balaban J connectivity index is 0.00000242. The van der Waals surface area contributed by atoms with Crippen LogP contribution in [0.1, 0.15) is 19.8 Å². The Bertz CT molecular complexity index is 546. The summed E-state index contributed by atoms with van der Waals surface area (Å²) < 4.78 is 0. The van der Waals surface area contributed by atoms with Gasteiger partial charge in [-0.2, -0.15) is 0 Å². The van der Waals surface area contributed by atoms with E-state index in [0.717, 1.165) is 6.42 Å². The molecular weight excluding hydrogens is 349 g/mol. The molecule has 122 valence electrons. The van der Waals surface area contributed by atoms with Gasteiger partial charge in [0, 0.05) is 22.3 Å². The van der Waals surface area contributed by atoms with Crippen molar-refractivity contribution >= 4 is 53.1 Å². The Hall–Kier alpha value is -1.01. The second-order valence-corrected chi connectivity index (χ2v) is 6.00. The smallest absolute Gasteiger partial charge is 0.247 e. The summed E-state index contributed by atoms with van der Waals surface area (Å²) in [6.45, 7) is 2.17. The molecule has 0 aliphatic carbocycles. The van der Waals surface area contributed by atoms with Crippen LogP contribution in [0.2, 0.25) is 10.0 Å². The van der Waals surface area contributed by atoms with E-state index in [1.165, 1.54) is 4.90 Å². The summed E-state index contributed by atoms with van der Waals surface area (Å²) in [5.74, 6) is -0.461. The number of carbonyl (C=O) groups excluding carboxylic acids is 2. The van der Waals surface area contributed by atoms with Crippen molar-refractivity contribution in [3.05, 3.63) is 28.2 Å². The monoisotopic (exact) mass is 365 g/mol. The highest BCUT2D eigenvalue weighted by Crippen LogP contribution is 2.24. The first-order valence-corrected chi connectivity index (χ1v) is 7.47. The summed E-state index contributed by atoms with van der Waals surface area (Å²) in [6.07, 6.45) is 1.41. The maximum atomic E-state index is 12.3. The van der Waals surface area contributed by atoms with Gasteiger partial charge in [0.15, 0.2) is 0 Å². The number of likely N-dealkylation sites (tertiary alicyclic amines) is 1. The van der Waals surface area contributed by atoms with Crippen molar-refractivity contribution in [2.45, 2.75) is 31.8 Å². The molecule has 22 heavy (non-hydrogen) atoms. The highest BCUT2D eigenvalue weighted by molar-refractivity contribution is 6.35. The molecule has 1 aromatic carbocycles. The highest BCUT2D eigenvalue weighted by Gasteiger charge is 2.35. The number of hydrogen-bond acceptors (Lipinski definition) is 3. The van der Waals surface area contributed by atoms with Crippen LogP contribution in [0.3, 0.4) is 0 Å². The van der Waals surface area contributed by atoms with Crippen LogP contribution < -0.4 is 11.1 Å². The van der Waals surface area contributed by atoms with Crippen LogP contribution in [0.25, 0.3) is 0 Å². The van der Waals surface area contributed by atoms with Gasteiger partial charge < -0.3 is 16.0 Å². The van der Waals surface area contributed by atoms with Gasteiger partial charge >= 0.3 is 0 Å². The lowest BCUT2D eigenvalue weighted by Gasteiger charge is -2.25. The summed E-state index contributed by atoms with van der Waals surface area (Å²) >= 11 is 11.8. The van der Waals surface area contributed by atoms with Crippen molar-refractivity contribution in [3.8, 4) is 0 Å². The number of benzene rings is 1. The molecule has 0 spiro atoms. The van der Waals surface area contributed by atoms with Crippen molar-refractivity contribution in [3.63, 3.8) is 0 Å². The van der Waals surface area contributed by atoms with Crippen LogP contribution in [0.4, 0.5) is 5.69 Å². The number of halogens is 3. The summed E-state index contributed by atoms with van der Waals surface area (Å²) in [4.78, 5) is 25.9. The number of rotatable bonds is 3. The molecule has 1 heterocycles. The van der Waals surface area contributed by atoms with E-state index < -0.39 is 12.1 Å². The van der Waals surface area contributed by atoms with Crippen molar-refractivity contribution < 1.29 is 9.59 Å². The van der Waals surface area contributed by atoms with Gasteiger partial charge in [-0.25, -0.2) is 0 Å². The minimum absolute atomic E-state index is 0. The maximum absolute atomic E-state index is 12.3. The molecule has 0 saturated carbocycles. The van der Waals surface area contributed by atoms with Gasteiger partial charge in [-0.05, 0) is 38.0 Å². The van der Waals surface area contributed by atoms with Gasteiger partial charge in [-0.3, -0.25) is 9.59 Å². The first-order chi connectivity index (χ1) is 9.88. The van der Waals surface area contributed by atoms with Crippen LogP contribution in [0.15, 0.2) is 18.2 Å². The minimum atomic E-state index is -0.612. The number of nitrogens with two attached hydrogens (primary N) is 1. The Morgan fingerprint density at radius 2 is 1.91 bits per heavy atom. The first-order valence-electron chi connectivity index (χ1n) is 6.71. The quantitative estimate of drug-likeness (QED) is 0.863. The Morgan fingerprint density at radius 3 is 2.45 bits per heavy atom. The van der Waals surface area contributed by atoms with Gasteiger partial charge in [-0.1, -0.05) is 23.2 Å². The number of nitrogens with one attached hydrogen (secondary N) is 1. The number of nitrogens with zero attached hydrogens (tertiary/aromatic N) is 1. The van der Waals surface area contributed by atoms with E-state index in [4.69, 9.17) is 28.9 Å². The second-order valence-electron chi connectivity index (χ2n) is 5.13. The molecule has 1 saturated heterocycles. The van der Waals surface area contributed by atoms with Gasteiger partial charge in [-0.15, -0.1) is 12.4 Å². The third-order valence-electron chi connectivity index (χ3n) is 3.36. The normalized spacial score (nSPS) is 18.5. The Morgan fingerprint density at radius 1 is 1.32 bits per heavy atom. The zero-order valence-corrected chi connectivity index (χ0v) is 14.3. The number of carbonyl (C=O) groups is 2. The fourth-order valence-electron chi connectivity index (χ4n) is 2.42. The van der Waals surface area contributed by atoms with Crippen LogP contribution in [0, 0.1) is 0 Å². The minimum Gasteiger partial charge on any atom is -0.329 e. The largest absolute Gasteiger partial charge is 0.329 e. The summed E-state index contributed by atoms with van der Waals surface area (Å²) in [6, 6.07) is 3.69. The molecule has 1 aliphatic heterocycles. The zero-order valence-electron chi connectivity index (χ0n) is 12.0. The number of anilines is 1. The van der Waals surface area contributed by atoms with Crippen LogP contribution in [0.5, 0.6) is 0 Å². The molecule has 1 fully saturated rings. The van der Waals surface area contributed by atoms with E-state index in [-0.39, 0.29) is 24.2 Å². The molecule has 2 atom stereocenters. The van der Waals surface area contributed by atoms with Gasteiger partial charge in [0.1, 0.15) is 6.04 Å². The average Bonchev–Trinajstić information content (AvgIpc) is 2.85. The Kier molecular flexibility index (Phi) is 6.94. The van der Waals surface area contributed by atoms with E-state index in [9.17, 15) is 9.59 Å². The molecule has 0 aromatic heterocycles. The van der Waals surface area contributed by atoms with Crippen molar-refractivity contribution in [2.75, 3.05) is 11.9 Å². The molecule has 1 aliphatic rings. The van der Waals surface area contributed by atoms with Crippen LogP contribution in [-0.4, -0.2) is 35.3 Å². The van der Waals surface area contributed by atoms with E-state index >= 15 is 0 Å². The molecule has 3 N–H and O–H groups in total. The number of amides is 2. The molecule has 0 bridgehead atoms. The second kappa shape index (κ2) is 8.02. The van der Waals surface area contributed by atoms with Crippen molar-refractivity contribution in [2.24, 2.45) is 5.73 Å². The standard InChI is InChI=1S/C14H17Cl2N3O2.ClH/c1-8(17)14(21)19-4-2-3-12(19)13(20)18-11-6-9(15)5-10(16)7-11;/h5-8,12H,2-4,17H2,1H3,(H,18,20);1H/t8-,12?;/m0./s1. The lowest BCUT2D eigenvalue weighted by atomic mass is 10.2. The lowest BCUT2D eigenvalue weighted by molar-refractivity contribution is -0.137. The lowest BCUT2D eigenvalue weighted by Crippen LogP contribution is -2.48. The third kappa shape index (κ3) is 4.49. The molecule has 2 rings (SSSR count). The zero-order chi connectivity index (χ0) is 15.6. The first kappa shape index (κ1) is 19.0. The summed E-state index contributed by atoms with van der Waals surface area (Å²) in [7, 11) is 0. The molecule has 1 aromatic rings. The van der Waals surface area contributed by atoms with Crippen LogP contribution >= 0.6 is 35.6 Å². The summed E-state index contributed by atoms with van der Waals surface area (Å²) in [5, 5.41) is 3.62. The SMILES string of the molecule is C[C@H](N)C(=O)N1CCCC1C(=O)Nc1cc(Cl)cc(Cl)c1.Cl. The van der Waals surface area contributed by atoms with Gasteiger partial charge in [0.25, 0.3) is 0 Å². The predicted octanol–water partition coefficient (Wildman–Crippen LogP) is 2.69. The molecule has 2 amide bonds. The van der Waals surface area contributed by atoms with Gasteiger partial charge in [0.05, 0.1) is 6.04 Å². The van der Waals surface area contributed by atoms with Gasteiger partial charge in [0.2, 0.25) is 11.8 Å². The topological polar surface area (TPSA) is 75.4 Å². The molecular formula is C14H18Cl3N3O2. The van der Waals surface area contributed by atoms with E-state index in [0.29, 0.717) is 28.7 Å². The Labute approximate surface area is 145 Å². The number of hydrogen-bond donors (Lipinski definition) is 2. The molecule has 1 unspecified atom stereocenters. The van der Waals surface area contributed by atoms with Crippen molar-refractivity contribution in [1.82, 2.24) is 4.90 Å². The fourth-order valence-corrected chi connectivity index (χ4v) is 2.94. The molecule has 8 heteroatoms. The average molecular weight is 367 g/mol.